The molecule has 0 radical (unpaired) electrons. The highest BCUT2D eigenvalue weighted by Gasteiger charge is 2.37. The molecule has 1 aliphatic heterocycles. The first-order chi connectivity index (χ1) is 12.3. The summed E-state index contributed by atoms with van der Waals surface area (Å²) in [7, 11) is 0. The van der Waals surface area contributed by atoms with Crippen LogP contribution in [0.25, 0.3) is 11.3 Å². The quantitative estimate of drug-likeness (QED) is 0.718. The largest absolute Gasteiger partial charge is 0.347 e. The number of nitrogens with zero attached hydrogens (tertiary/aromatic N) is 2. The van der Waals surface area contributed by atoms with Gasteiger partial charge in [0, 0.05) is 36.9 Å². The van der Waals surface area contributed by atoms with Crippen LogP contribution in [0.5, 0.6) is 0 Å². The second-order valence-electron chi connectivity index (χ2n) is 9.07. The van der Waals surface area contributed by atoms with Crippen molar-refractivity contribution in [1.29, 1.82) is 0 Å². The Balaban J connectivity index is 1.66. The van der Waals surface area contributed by atoms with Crippen LogP contribution in [-0.4, -0.2) is 23.9 Å². The van der Waals surface area contributed by atoms with Crippen molar-refractivity contribution in [2.75, 3.05) is 18.0 Å². The predicted molar refractivity (Wildman–Crippen MR) is 109 cm³/mol. The molecule has 1 fully saturated rings. The van der Waals surface area contributed by atoms with Crippen molar-refractivity contribution in [3.63, 3.8) is 0 Å². The molecule has 2 aromatic rings. The van der Waals surface area contributed by atoms with Crippen LogP contribution in [0.4, 0.5) is 5.13 Å². The summed E-state index contributed by atoms with van der Waals surface area (Å²) in [6.07, 6.45) is 3.76. The van der Waals surface area contributed by atoms with Gasteiger partial charge in [-0.2, -0.15) is 0 Å². The second kappa shape index (κ2) is 6.19. The van der Waals surface area contributed by atoms with E-state index in [4.69, 9.17) is 4.98 Å². The number of carbonyl (C=O) groups is 1. The molecule has 26 heavy (non-hydrogen) atoms. The zero-order valence-electron chi connectivity index (χ0n) is 16.3. The summed E-state index contributed by atoms with van der Waals surface area (Å²) >= 11 is 1.69. The zero-order valence-corrected chi connectivity index (χ0v) is 17.1. The number of hydrogen-bond donors (Lipinski definition) is 0. The van der Waals surface area contributed by atoms with E-state index in [0.717, 1.165) is 23.9 Å². The summed E-state index contributed by atoms with van der Waals surface area (Å²) < 4.78 is 0. The van der Waals surface area contributed by atoms with Gasteiger partial charge < -0.3 is 4.90 Å². The van der Waals surface area contributed by atoms with E-state index < -0.39 is 0 Å². The molecule has 138 valence electrons. The molecule has 0 unspecified atom stereocenters. The summed E-state index contributed by atoms with van der Waals surface area (Å²) in [4.78, 5) is 18.6. The number of piperidine rings is 1. The SMILES string of the molecule is CC1(C)CCC(C)(C)c2cc(-c3csc(N4CCC(=O)CC4)n3)ccc21. The Morgan fingerprint density at radius 2 is 1.65 bits per heavy atom. The molecule has 2 heterocycles. The van der Waals surface area contributed by atoms with Crippen molar-refractivity contribution >= 4 is 22.3 Å². The number of rotatable bonds is 2. The van der Waals surface area contributed by atoms with Crippen molar-refractivity contribution < 1.29 is 4.79 Å². The molecule has 0 saturated carbocycles. The van der Waals surface area contributed by atoms with E-state index in [2.05, 4.69) is 56.2 Å². The van der Waals surface area contributed by atoms with Crippen LogP contribution in [0.1, 0.15) is 64.5 Å². The molecule has 1 aromatic carbocycles. The highest BCUT2D eigenvalue weighted by molar-refractivity contribution is 7.14. The molecule has 1 aromatic heterocycles. The van der Waals surface area contributed by atoms with Gasteiger partial charge in [0.15, 0.2) is 5.13 Å². The number of benzene rings is 1. The van der Waals surface area contributed by atoms with E-state index in [9.17, 15) is 4.79 Å². The molecular formula is C22H28N2OS. The Morgan fingerprint density at radius 1 is 1.00 bits per heavy atom. The summed E-state index contributed by atoms with van der Waals surface area (Å²) in [6.45, 7) is 11.1. The lowest BCUT2D eigenvalue weighted by Crippen LogP contribution is -2.33. The first-order valence-corrected chi connectivity index (χ1v) is 10.5. The number of anilines is 1. The molecule has 4 rings (SSSR count). The van der Waals surface area contributed by atoms with Gasteiger partial charge in [-0.3, -0.25) is 4.79 Å². The van der Waals surface area contributed by atoms with E-state index >= 15 is 0 Å². The van der Waals surface area contributed by atoms with Crippen LogP contribution in [0.3, 0.4) is 0 Å². The highest BCUT2D eigenvalue weighted by atomic mass is 32.1. The van der Waals surface area contributed by atoms with Crippen LogP contribution in [-0.2, 0) is 15.6 Å². The molecule has 3 nitrogen and oxygen atoms in total. The van der Waals surface area contributed by atoms with Gasteiger partial charge in [0.25, 0.3) is 0 Å². The molecular weight excluding hydrogens is 340 g/mol. The molecule has 0 N–H and O–H groups in total. The molecule has 0 bridgehead atoms. The maximum atomic E-state index is 11.5. The zero-order chi connectivity index (χ0) is 18.5. The van der Waals surface area contributed by atoms with E-state index in [0.29, 0.717) is 18.6 Å². The maximum absolute atomic E-state index is 11.5. The molecule has 0 amide bonds. The van der Waals surface area contributed by atoms with Gasteiger partial charge in [0.05, 0.1) is 5.69 Å². The monoisotopic (exact) mass is 368 g/mol. The Labute approximate surface area is 160 Å². The third-order valence-electron chi connectivity index (χ3n) is 6.23. The first-order valence-electron chi connectivity index (χ1n) is 9.64. The molecule has 2 aliphatic rings. The van der Waals surface area contributed by atoms with Gasteiger partial charge in [0.2, 0.25) is 0 Å². The topological polar surface area (TPSA) is 33.2 Å². The molecule has 0 atom stereocenters. The van der Waals surface area contributed by atoms with Crippen molar-refractivity contribution in [2.45, 2.75) is 64.2 Å². The third kappa shape index (κ3) is 3.09. The lowest BCUT2D eigenvalue weighted by Gasteiger charge is -2.42. The van der Waals surface area contributed by atoms with Crippen molar-refractivity contribution in [3.8, 4) is 11.3 Å². The second-order valence-corrected chi connectivity index (χ2v) is 9.91. The molecule has 1 saturated heterocycles. The van der Waals surface area contributed by atoms with Crippen LogP contribution in [0.2, 0.25) is 0 Å². The number of hydrogen-bond acceptors (Lipinski definition) is 4. The van der Waals surface area contributed by atoms with Gasteiger partial charge in [-0.25, -0.2) is 4.98 Å². The smallest absolute Gasteiger partial charge is 0.185 e. The van der Waals surface area contributed by atoms with Gasteiger partial charge in [-0.15, -0.1) is 11.3 Å². The average molecular weight is 369 g/mol. The van der Waals surface area contributed by atoms with Gasteiger partial charge in [0.1, 0.15) is 5.78 Å². The highest BCUT2D eigenvalue weighted by Crippen LogP contribution is 2.46. The van der Waals surface area contributed by atoms with Gasteiger partial charge in [-0.05, 0) is 40.9 Å². The standard InChI is InChI=1S/C22H28N2OS/c1-21(2)9-10-22(3,4)18-13-15(5-6-17(18)21)19-14-26-20(23-19)24-11-7-16(25)8-12-24/h5-6,13-14H,7-12H2,1-4H3. The first kappa shape index (κ1) is 17.7. The fraction of sp³-hybridized carbons (Fsp3) is 0.545. The van der Waals surface area contributed by atoms with Crippen LogP contribution in [0.15, 0.2) is 23.6 Å². The summed E-state index contributed by atoms with van der Waals surface area (Å²) in [6, 6.07) is 6.93. The lowest BCUT2D eigenvalue weighted by atomic mass is 9.63. The number of carbonyl (C=O) groups excluding carboxylic acids is 1. The summed E-state index contributed by atoms with van der Waals surface area (Å²) in [5, 5.41) is 3.21. The minimum atomic E-state index is 0.215. The Bertz CT molecular complexity index is 840. The summed E-state index contributed by atoms with van der Waals surface area (Å²) in [5.74, 6) is 0.373. The normalized spacial score (nSPS) is 21.5. The minimum Gasteiger partial charge on any atom is -0.347 e. The van der Waals surface area contributed by atoms with Gasteiger partial charge >= 0.3 is 0 Å². The number of aromatic nitrogens is 1. The van der Waals surface area contributed by atoms with E-state index in [1.807, 2.05) is 0 Å². The third-order valence-corrected chi connectivity index (χ3v) is 7.13. The lowest BCUT2D eigenvalue weighted by molar-refractivity contribution is -0.119. The molecule has 4 heteroatoms. The number of thiazole rings is 1. The van der Waals surface area contributed by atoms with Crippen LogP contribution < -0.4 is 4.90 Å². The van der Waals surface area contributed by atoms with Crippen LogP contribution in [0, 0.1) is 0 Å². The Morgan fingerprint density at radius 3 is 2.35 bits per heavy atom. The van der Waals surface area contributed by atoms with E-state index in [1.54, 1.807) is 11.3 Å². The minimum absolute atomic E-state index is 0.215. The van der Waals surface area contributed by atoms with Crippen molar-refractivity contribution in [3.05, 3.63) is 34.7 Å². The van der Waals surface area contributed by atoms with Crippen molar-refractivity contribution in [2.24, 2.45) is 0 Å². The van der Waals surface area contributed by atoms with Gasteiger partial charge in [-0.1, -0.05) is 39.8 Å². The molecule has 0 spiro atoms. The van der Waals surface area contributed by atoms with Crippen molar-refractivity contribution in [1.82, 2.24) is 4.98 Å². The number of fused-ring (bicyclic) bond motifs is 1. The average Bonchev–Trinajstić information content (AvgIpc) is 3.09. The maximum Gasteiger partial charge on any atom is 0.185 e. The fourth-order valence-corrected chi connectivity index (χ4v) is 5.13. The summed E-state index contributed by atoms with van der Waals surface area (Å²) in [5.41, 5.74) is 5.70. The van der Waals surface area contributed by atoms with Crippen LogP contribution >= 0.6 is 11.3 Å². The molecule has 1 aliphatic carbocycles. The fourth-order valence-electron chi connectivity index (χ4n) is 4.24. The Hall–Kier alpha value is -1.68. The predicted octanol–water partition coefficient (Wildman–Crippen LogP) is 5.33. The Kier molecular flexibility index (Phi) is 4.22. The number of ketones is 1. The number of Topliss-reactive ketones (excluding diaryl/α,β-unsaturated/α-hetero) is 1. The van der Waals surface area contributed by atoms with E-state index in [1.165, 1.54) is 29.5 Å². The van der Waals surface area contributed by atoms with E-state index in [-0.39, 0.29) is 10.8 Å².